The molecule has 7 nitrogen and oxygen atoms in total. The third kappa shape index (κ3) is 6.69. The number of methoxy groups -OCH3 is 1. The predicted octanol–water partition coefficient (Wildman–Crippen LogP) is 6.63. The van der Waals surface area contributed by atoms with Gasteiger partial charge in [0.05, 0.1) is 18.9 Å². The van der Waals surface area contributed by atoms with Crippen molar-refractivity contribution in [1.29, 1.82) is 0 Å². The zero-order chi connectivity index (χ0) is 27.1. The largest absolute Gasteiger partial charge is 0.494 e. The van der Waals surface area contributed by atoms with Crippen LogP contribution in [-0.2, 0) is 0 Å². The number of amides is 1. The number of ether oxygens (including phenoxy) is 1. The Morgan fingerprint density at radius 2 is 1.92 bits per heavy atom. The van der Waals surface area contributed by atoms with Crippen molar-refractivity contribution in [3.63, 3.8) is 0 Å². The summed E-state index contributed by atoms with van der Waals surface area (Å²) in [4.78, 5) is 17.7. The van der Waals surface area contributed by atoms with Crippen molar-refractivity contribution in [3.05, 3.63) is 113 Å². The minimum Gasteiger partial charge on any atom is -0.494 e. The van der Waals surface area contributed by atoms with Crippen LogP contribution >= 0.6 is 0 Å². The van der Waals surface area contributed by atoms with Crippen LogP contribution in [0.5, 0.6) is 5.75 Å². The number of benzene rings is 3. The maximum atomic E-state index is 12.7. The van der Waals surface area contributed by atoms with E-state index in [9.17, 15) is 10.0 Å². The SMILES string of the molecule is COc1cc(C2=N/C(N[C@@H](C)c3cccc(NC(=O)c4cccc(C)c4)c3)=C\C(C)C\C=C\2)ccc1NO. The van der Waals surface area contributed by atoms with Crippen LogP contribution in [0.2, 0.25) is 0 Å². The van der Waals surface area contributed by atoms with Crippen LogP contribution in [-0.4, -0.2) is 23.9 Å². The maximum absolute atomic E-state index is 12.7. The topological polar surface area (TPSA) is 95.0 Å². The summed E-state index contributed by atoms with van der Waals surface area (Å²) in [5.74, 6) is 1.46. The van der Waals surface area contributed by atoms with E-state index in [4.69, 9.17) is 9.73 Å². The number of anilines is 2. The molecule has 0 spiro atoms. The molecule has 1 aliphatic heterocycles. The molecular weight excluding hydrogens is 476 g/mol. The fraction of sp³-hybridized carbons (Fsp3) is 0.226. The Morgan fingerprint density at radius 1 is 1.11 bits per heavy atom. The van der Waals surface area contributed by atoms with Gasteiger partial charge in [-0.25, -0.2) is 4.99 Å². The quantitative estimate of drug-likeness (QED) is 0.255. The Bertz CT molecular complexity index is 1390. The molecule has 4 N–H and O–H groups in total. The third-order valence-electron chi connectivity index (χ3n) is 6.37. The molecule has 3 aromatic rings. The highest BCUT2D eigenvalue weighted by atomic mass is 16.5. The summed E-state index contributed by atoms with van der Waals surface area (Å²) >= 11 is 0. The van der Waals surface area contributed by atoms with E-state index in [-0.39, 0.29) is 11.9 Å². The molecule has 2 atom stereocenters. The van der Waals surface area contributed by atoms with E-state index in [1.165, 1.54) is 0 Å². The summed E-state index contributed by atoms with van der Waals surface area (Å²) in [7, 11) is 1.56. The lowest BCUT2D eigenvalue weighted by Crippen LogP contribution is -2.20. The number of carbonyl (C=O) groups excluding carboxylic acids is 1. The zero-order valence-electron chi connectivity index (χ0n) is 22.2. The molecule has 1 unspecified atom stereocenters. The minimum atomic E-state index is -0.137. The smallest absolute Gasteiger partial charge is 0.255 e. The molecule has 0 saturated carbocycles. The summed E-state index contributed by atoms with van der Waals surface area (Å²) < 4.78 is 5.40. The van der Waals surface area contributed by atoms with E-state index >= 15 is 0 Å². The molecule has 0 aromatic heterocycles. The fourth-order valence-electron chi connectivity index (χ4n) is 4.30. The number of aryl methyl sites for hydroxylation is 1. The van der Waals surface area contributed by atoms with Crippen LogP contribution in [0.3, 0.4) is 0 Å². The number of nitrogens with one attached hydrogen (secondary N) is 3. The highest BCUT2D eigenvalue weighted by molar-refractivity contribution is 6.09. The predicted molar refractivity (Wildman–Crippen MR) is 153 cm³/mol. The summed E-state index contributed by atoms with van der Waals surface area (Å²) in [5, 5.41) is 15.9. The number of hydrogen-bond acceptors (Lipinski definition) is 6. The highest BCUT2D eigenvalue weighted by Crippen LogP contribution is 2.27. The van der Waals surface area contributed by atoms with Gasteiger partial charge in [-0.1, -0.05) is 48.9 Å². The number of rotatable bonds is 8. The van der Waals surface area contributed by atoms with E-state index in [1.54, 1.807) is 13.2 Å². The van der Waals surface area contributed by atoms with Gasteiger partial charge in [0.25, 0.3) is 5.91 Å². The van der Waals surface area contributed by atoms with E-state index in [0.717, 1.165) is 40.3 Å². The van der Waals surface area contributed by atoms with Gasteiger partial charge in [0.2, 0.25) is 0 Å². The van der Waals surface area contributed by atoms with Crippen LogP contribution in [0.25, 0.3) is 0 Å². The van der Waals surface area contributed by atoms with E-state index < -0.39 is 0 Å². The maximum Gasteiger partial charge on any atom is 0.255 e. The van der Waals surface area contributed by atoms with Gasteiger partial charge >= 0.3 is 0 Å². The molecule has 0 fully saturated rings. The molecule has 196 valence electrons. The van der Waals surface area contributed by atoms with Gasteiger partial charge in [-0.2, -0.15) is 0 Å². The summed E-state index contributed by atoms with van der Waals surface area (Å²) in [6.07, 6.45) is 7.14. The molecule has 3 aromatic carbocycles. The van der Waals surface area contributed by atoms with Crippen LogP contribution in [0, 0.1) is 12.8 Å². The first-order valence-corrected chi connectivity index (χ1v) is 12.7. The van der Waals surface area contributed by atoms with Crippen molar-refractivity contribution in [2.45, 2.75) is 33.2 Å². The Kier molecular flexibility index (Phi) is 8.61. The first kappa shape index (κ1) is 26.7. The first-order valence-electron chi connectivity index (χ1n) is 12.7. The number of carbonyl (C=O) groups is 1. The van der Waals surface area contributed by atoms with Crippen LogP contribution < -0.4 is 20.9 Å². The van der Waals surface area contributed by atoms with Crippen LogP contribution in [0.15, 0.2) is 95.8 Å². The molecule has 1 aliphatic rings. The van der Waals surface area contributed by atoms with Gasteiger partial charge in [0, 0.05) is 16.8 Å². The molecule has 0 saturated heterocycles. The van der Waals surface area contributed by atoms with Gasteiger partial charge in [-0.05, 0) is 80.3 Å². The third-order valence-corrected chi connectivity index (χ3v) is 6.37. The van der Waals surface area contributed by atoms with Crippen LogP contribution in [0.1, 0.15) is 53.4 Å². The molecule has 1 heterocycles. The summed E-state index contributed by atoms with van der Waals surface area (Å²) in [5.41, 5.74) is 7.72. The van der Waals surface area contributed by atoms with Gasteiger partial charge in [0.1, 0.15) is 17.3 Å². The van der Waals surface area contributed by atoms with Crippen molar-refractivity contribution >= 4 is 23.0 Å². The van der Waals surface area contributed by atoms with Crippen molar-refractivity contribution in [1.82, 2.24) is 5.32 Å². The lowest BCUT2D eigenvalue weighted by atomic mass is 10.0. The number of hydrogen-bond donors (Lipinski definition) is 4. The Balaban J connectivity index is 1.55. The van der Waals surface area contributed by atoms with Crippen LogP contribution in [0.4, 0.5) is 11.4 Å². The molecule has 0 bridgehead atoms. The van der Waals surface area contributed by atoms with Gasteiger partial charge in [-0.3, -0.25) is 15.5 Å². The lowest BCUT2D eigenvalue weighted by molar-refractivity contribution is 0.102. The molecule has 0 aliphatic carbocycles. The average molecular weight is 511 g/mol. The number of aliphatic imine (C=N–C) groups is 1. The highest BCUT2D eigenvalue weighted by Gasteiger charge is 2.14. The summed E-state index contributed by atoms with van der Waals surface area (Å²) in [6.45, 7) is 6.20. The molecule has 1 amide bonds. The second-order valence-electron chi connectivity index (χ2n) is 9.51. The standard InChI is InChI=1S/C31H34N4O3/c1-20-8-5-11-25(16-20)31(36)33-26-12-7-10-23(18-26)22(3)32-30-17-21(2)9-6-13-27(34-30)24-14-15-28(35-37)29(19-24)38-4/h5-8,10-19,21-22,32,35,37H,9H2,1-4H3,(H,33,36)/b13-6+,30-17-,34-27+/t21?,22-/m0/s1. The van der Waals surface area contributed by atoms with Gasteiger partial charge in [-0.15, -0.1) is 0 Å². The molecule has 0 radical (unpaired) electrons. The summed E-state index contributed by atoms with van der Waals surface area (Å²) in [6, 6.07) is 20.8. The molecule has 38 heavy (non-hydrogen) atoms. The number of allylic oxidation sites excluding steroid dienone is 3. The first-order chi connectivity index (χ1) is 18.4. The normalized spacial score (nSPS) is 19.4. The van der Waals surface area contributed by atoms with Crippen molar-refractivity contribution in [2.75, 3.05) is 17.9 Å². The molecular formula is C31H34N4O3. The minimum absolute atomic E-state index is 0.0619. The Hall–Kier alpha value is -4.36. The van der Waals surface area contributed by atoms with Crippen molar-refractivity contribution in [2.24, 2.45) is 10.9 Å². The number of nitrogens with zero attached hydrogens (tertiary/aromatic N) is 1. The lowest BCUT2D eigenvalue weighted by Gasteiger charge is -2.20. The van der Waals surface area contributed by atoms with E-state index in [0.29, 0.717) is 22.9 Å². The monoisotopic (exact) mass is 510 g/mol. The second kappa shape index (κ2) is 12.3. The van der Waals surface area contributed by atoms with Crippen molar-refractivity contribution in [3.8, 4) is 5.75 Å². The molecule has 4 rings (SSSR count). The Labute approximate surface area is 223 Å². The Morgan fingerprint density at radius 3 is 2.68 bits per heavy atom. The zero-order valence-corrected chi connectivity index (χ0v) is 22.2. The van der Waals surface area contributed by atoms with Crippen molar-refractivity contribution < 1.29 is 14.7 Å². The molecule has 7 heteroatoms. The van der Waals surface area contributed by atoms with E-state index in [1.807, 2.05) is 73.7 Å². The average Bonchev–Trinajstić information content (AvgIpc) is 2.91. The van der Waals surface area contributed by atoms with Gasteiger partial charge < -0.3 is 15.4 Å². The second-order valence-corrected chi connectivity index (χ2v) is 9.51. The van der Waals surface area contributed by atoms with Gasteiger partial charge in [0.15, 0.2) is 0 Å². The van der Waals surface area contributed by atoms with E-state index in [2.05, 4.69) is 42.1 Å². The fourth-order valence-corrected chi connectivity index (χ4v) is 4.30.